The first-order chi connectivity index (χ1) is 17.5. The van der Waals surface area contributed by atoms with Gasteiger partial charge in [0, 0.05) is 6.20 Å². The van der Waals surface area contributed by atoms with Crippen molar-refractivity contribution in [1.82, 2.24) is 9.55 Å². The van der Waals surface area contributed by atoms with E-state index in [0.717, 1.165) is 5.69 Å². The van der Waals surface area contributed by atoms with E-state index >= 15 is 0 Å². The van der Waals surface area contributed by atoms with E-state index < -0.39 is 5.54 Å². The van der Waals surface area contributed by atoms with Gasteiger partial charge in [-0.2, -0.15) is 0 Å². The van der Waals surface area contributed by atoms with Crippen LogP contribution >= 0.6 is 0 Å². The highest BCUT2D eigenvalue weighted by molar-refractivity contribution is 5.83. The van der Waals surface area contributed by atoms with Crippen molar-refractivity contribution >= 4 is 11.6 Å². The fourth-order valence-electron chi connectivity index (χ4n) is 5.08. The molecule has 0 radical (unpaired) electrons. The minimum atomic E-state index is -0.558. The topological polar surface area (TPSA) is 17.8 Å². The van der Waals surface area contributed by atoms with Crippen LogP contribution in [0.25, 0.3) is 11.6 Å². The summed E-state index contributed by atoms with van der Waals surface area (Å²) in [5.74, 6) is 0. The van der Waals surface area contributed by atoms with Gasteiger partial charge in [-0.25, -0.2) is 4.98 Å². The molecule has 1 aromatic heterocycles. The van der Waals surface area contributed by atoms with Crippen molar-refractivity contribution in [3.63, 3.8) is 0 Å². The first kappa shape index (κ1) is 23.6. The second-order valence-electron chi connectivity index (χ2n) is 10.2. The molecule has 0 saturated heterocycles. The molecular formula is C34H32N2. The predicted molar refractivity (Wildman–Crippen MR) is 151 cm³/mol. The van der Waals surface area contributed by atoms with Gasteiger partial charge in [-0.1, -0.05) is 142 Å². The maximum absolute atomic E-state index is 4.92. The third kappa shape index (κ3) is 4.43. The molecule has 0 bridgehead atoms. The van der Waals surface area contributed by atoms with Crippen molar-refractivity contribution in [3.05, 3.63) is 162 Å². The van der Waals surface area contributed by atoms with E-state index in [1.54, 1.807) is 0 Å². The van der Waals surface area contributed by atoms with Crippen molar-refractivity contribution in [3.8, 4) is 0 Å². The number of hydrogen-bond donors (Lipinski definition) is 0. The smallest absolute Gasteiger partial charge is 0.121 e. The summed E-state index contributed by atoms with van der Waals surface area (Å²) in [6, 6.07) is 42.7. The van der Waals surface area contributed by atoms with Crippen molar-refractivity contribution in [1.29, 1.82) is 0 Å². The molecule has 2 nitrogen and oxygen atoms in total. The lowest BCUT2D eigenvalue weighted by Crippen LogP contribution is -2.36. The Labute approximate surface area is 214 Å². The Morgan fingerprint density at radius 1 is 0.611 bits per heavy atom. The SMILES string of the molecule is CC(C)(C)/C(=C\c1cn(C(c2ccccc2)(c2ccccc2)c2ccccc2)cn1)c1ccccc1. The summed E-state index contributed by atoms with van der Waals surface area (Å²) < 4.78 is 2.27. The maximum Gasteiger partial charge on any atom is 0.121 e. The number of imidazole rings is 1. The van der Waals surface area contributed by atoms with Crippen molar-refractivity contribution < 1.29 is 0 Å². The van der Waals surface area contributed by atoms with Crippen LogP contribution in [0.15, 0.2) is 134 Å². The van der Waals surface area contributed by atoms with Crippen LogP contribution in [0.5, 0.6) is 0 Å². The molecule has 0 spiro atoms. The van der Waals surface area contributed by atoms with Crippen LogP contribution in [0, 0.1) is 5.41 Å². The molecule has 0 saturated carbocycles. The molecule has 36 heavy (non-hydrogen) atoms. The minimum Gasteiger partial charge on any atom is -0.318 e. The average Bonchev–Trinajstić information content (AvgIpc) is 3.38. The van der Waals surface area contributed by atoms with E-state index in [1.165, 1.54) is 27.8 Å². The van der Waals surface area contributed by atoms with E-state index in [0.29, 0.717) is 0 Å². The van der Waals surface area contributed by atoms with Crippen molar-refractivity contribution in [2.75, 3.05) is 0 Å². The van der Waals surface area contributed by atoms with Crippen LogP contribution in [0.3, 0.4) is 0 Å². The summed E-state index contributed by atoms with van der Waals surface area (Å²) in [7, 11) is 0. The normalized spacial score (nSPS) is 12.5. The zero-order chi connectivity index (χ0) is 25.0. The molecule has 0 amide bonds. The summed E-state index contributed by atoms with van der Waals surface area (Å²) in [5.41, 5.74) is 6.41. The van der Waals surface area contributed by atoms with Crippen LogP contribution < -0.4 is 0 Å². The molecule has 1 heterocycles. The Kier molecular flexibility index (Phi) is 6.43. The van der Waals surface area contributed by atoms with Crippen LogP contribution in [-0.4, -0.2) is 9.55 Å². The molecule has 0 fully saturated rings. The molecule has 0 atom stereocenters. The van der Waals surface area contributed by atoms with Gasteiger partial charge < -0.3 is 4.57 Å². The summed E-state index contributed by atoms with van der Waals surface area (Å²) in [6.45, 7) is 6.76. The van der Waals surface area contributed by atoms with E-state index in [1.807, 2.05) is 6.33 Å². The second kappa shape index (κ2) is 9.83. The van der Waals surface area contributed by atoms with Gasteiger partial charge in [-0.15, -0.1) is 0 Å². The third-order valence-corrected chi connectivity index (χ3v) is 6.75. The van der Waals surface area contributed by atoms with Gasteiger partial charge >= 0.3 is 0 Å². The standard InChI is InChI=1S/C34H32N2/c1-33(2,3)32(27-16-8-4-9-17-27)24-31-25-36(26-35-31)34(28-18-10-5-11-19-28,29-20-12-6-13-21-29)30-22-14-7-15-23-30/h4-26H,1-3H3/b32-24-. The fraction of sp³-hybridized carbons (Fsp3) is 0.147. The Bertz CT molecular complexity index is 1330. The van der Waals surface area contributed by atoms with Gasteiger partial charge in [0.05, 0.1) is 12.0 Å². The summed E-state index contributed by atoms with van der Waals surface area (Å²) in [6.07, 6.45) is 6.39. The maximum atomic E-state index is 4.92. The highest BCUT2D eigenvalue weighted by Gasteiger charge is 2.38. The molecule has 0 unspecified atom stereocenters. The van der Waals surface area contributed by atoms with Crippen LogP contribution in [0.1, 0.15) is 48.7 Å². The monoisotopic (exact) mass is 468 g/mol. The van der Waals surface area contributed by atoms with Gasteiger partial charge in [0.15, 0.2) is 0 Å². The largest absolute Gasteiger partial charge is 0.318 e. The molecule has 178 valence electrons. The molecule has 4 aromatic carbocycles. The van der Waals surface area contributed by atoms with E-state index in [-0.39, 0.29) is 5.41 Å². The molecular weight excluding hydrogens is 436 g/mol. The molecule has 2 heteroatoms. The Balaban J connectivity index is 1.75. The molecule has 0 aliphatic heterocycles. The van der Waals surface area contributed by atoms with Crippen molar-refractivity contribution in [2.45, 2.75) is 26.3 Å². The highest BCUT2D eigenvalue weighted by atomic mass is 15.1. The number of allylic oxidation sites excluding steroid dienone is 1. The van der Waals surface area contributed by atoms with E-state index in [4.69, 9.17) is 4.98 Å². The lowest BCUT2D eigenvalue weighted by atomic mass is 9.76. The Morgan fingerprint density at radius 2 is 1.03 bits per heavy atom. The molecule has 0 aliphatic carbocycles. The molecule has 0 aliphatic rings. The fourth-order valence-corrected chi connectivity index (χ4v) is 5.08. The lowest BCUT2D eigenvalue weighted by molar-refractivity contribution is 0.514. The number of benzene rings is 4. The zero-order valence-corrected chi connectivity index (χ0v) is 21.2. The summed E-state index contributed by atoms with van der Waals surface area (Å²) in [5, 5.41) is 0. The Hall–Kier alpha value is -4.17. The summed E-state index contributed by atoms with van der Waals surface area (Å²) >= 11 is 0. The Morgan fingerprint density at radius 3 is 1.44 bits per heavy atom. The zero-order valence-electron chi connectivity index (χ0n) is 21.2. The minimum absolute atomic E-state index is 0.0273. The van der Waals surface area contributed by atoms with Gasteiger partial charge in [0.2, 0.25) is 0 Å². The van der Waals surface area contributed by atoms with E-state index in [9.17, 15) is 0 Å². The first-order valence-electron chi connectivity index (χ1n) is 12.5. The quantitative estimate of drug-likeness (QED) is 0.229. The van der Waals surface area contributed by atoms with Gasteiger partial charge in [-0.3, -0.25) is 0 Å². The molecule has 5 aromatic rings. The van der Waals surface area contributed by atoms with Gasteiger partial charge in [-0.05, 0) is 39.3 Å². The van der Waals surface area contributed by atoms with Gasteiger partial charge in [0.25, 0.3) is 0 Å². The van der Waals surface area contributed by atoms with Crippen LogP contribution in [0.4, 0.5) is 0 Å². The van der Waals surface area contributed by atoms with Gasteiger partial charge in [0.1, 0.15) is 5.54 Å². The number of rotatable bonds is 6. The molecule has 0 N–H and O–H groups in total. The second-order valence-corrected chi connectivity index (χ2v) is 10.2. The van der Waals surface area contributed by atoms with Crippen LogP contribution in [-0.2, 0) is 5.54 Å². The average molecular weight is 469 g/mol. The highest BCUT2D eigenvalue weighted by Crippen LogP contribution is 2.41. The number of aromatic nitrogens is 2. The predicted octanol–water partition coefficient (Wildman–Crippen LogP) is 8.31. The summed E-state index contributed by atoms with van der Waals surface area (Å²) in [4.78, 5) is 4.92. The number of hydrogen-bond acceptors (Lipinski definition) is 1. The van der Waals surface area contributed by atoms with Crippen LogP contribution in [0.2, 0.25) is 0 Å². The van der Waals surface area contributed by atoms with Crippen molar-refractivity contribution in [2.24, 2.45) is 5.41 Å². The lowest BCUT2D eigenvalue weighted by Gasteiger charge is -2.37. The molecule has 5 rings (SSSR count). The first-order valence-corrected chi connectivity index (χ1v) is 12.5. The number of nitrogens with zero attached hydrogens (tertiary/aromatic N) is 2. The van der Waals surface area contributed by atoms with E-state index in [2.05, 4.69) is 159 Å². The third-order valence-electron chi connectivity index (χ3n) is 6.75.